The van der Waals surface area contributed by atoms with Gasteiger partial charge in [0.2, 0.25) is 0 Å². The van der Waals surface area contributed by atoms with Gasteiger partial charge in [-0.1, -0.05) is 0 Å². The molecule has 0 nitrogen and oxygen atoms in total. The molecule has 0 saturated heterocycles. The van der Waals surface area contributed by atoms with Crippen molar-refractivity contribution in [1.29, 1.82) is 0 Å². The second kappa shape index (κ2) is 28.9. The summed E-state index contributed by atoms with van der Waals surface area (Å²) in [7, 11) is 0. The fourth-order valence-corrected chi connectivity index (χ4v) is 0. The number of hydrogen-bond donors (Lipinski definition) is 0. The van der Waals surface area contributed by atoms with E-state index in [1.807, 2.05) is 0 Å². The van der Waals surface area contributed by atoms with Crippen LogP contribution in [-0.2, 0) is 0 Å². The summed E-state index contributed by atoms with van der Waals surface area (Å²) in [5.74, 6) is 0. The van der Waals surface area contributed by atoms with E-state index in [1.165, 1.54) is 0 Å². The molecule has 0 aromatic carbocycles. The topological polar surface area (TPSA) is 0 Å². The standard InChI is InChI=1S/4BrH.Pb/h4*1H;/q;;;;+4/p-4. The average Bonchev–Trinajstić information content (AvgIpc) is 0. The summed E-state index contributed by atoms with van der Waals surface area (Å²) < 4.78 is 0. The fourth-order valence-electron chi connectivity index (χ4n) is 0. The molecule has 0 amide bonds. The summed E-state index contributed by atoms with van der Waals surface area (Å²) in [4.78, 5) is 0. The van der Waals surface area contributed by atoms with Crippen molar-refractivity contribution in [1.82, 2.24) is 0 Å². The minimum absolute atomic E-state index is 0. The van der Waals surface area contributed by atoms with Crippen LogP contribution < -0.4 is 67.9 Å². The molecule has 0 radical (unpaired) electrons. The van der Waals surface area contributed by atoms with Gasteiger partial charge in [0.1, 0.15) is 0 Å². The molecule has 0 aliphatic carbocycles. The molecule has 0 unspecified atom stereocenters. The Morgan fingerprint density at radius 3 is 0.400 bits per heavy atom. The van der Waals surface area contributed by atoms with Crippen LogP contribution in [0.2, 0.25) is 0 Å². The molecule has 0 aliphatic heterocycles. The molecule has 0 bridgehead atoms. The summed E-state index contributed by atoms with van der Waals surface area (Å²) >= 11 is 0. The molecular weight excluding hydrogens is 527 g/mol. The van der Waals surface area contributed by atoms with Crippen LogP contribution in [0.5, 0.6) is 0 Å². The van der Waals surface area contributed by atoms with Crippen LogP contribution >= 0.6 is 0 Å². The van der Waals surface area contributed by atoms with Gasteiger partial charge in [0.05, 0.1) is 0 Å². The number of hydrogen-bond acceptors (Lipinski definition) is 0. The summed E-state index contributed by atoms with van der Waals surface area (Å²) in [5.41, 5.74) is 0. The predicted molar refractivity (Wildman–Crippen MR) is 5.75 cm³/mol. The normalized spacial score (nSPS) is 0. The molecule has 0 rings (SSSR count). The first-order valence-electron chi connectivity index (χ1n) is 0. The van der Waals surface area contributed by atoms with Gasteiger partial charge in [-0.2, -0.15) is 0 Å². The van der Waals surface area contributed by atoms with Crippen molar-refractivity contribution in [3.63, 3.8) is 0 Å². The average molecular weight is 527 g/mol. The molecule has 5 heavy (non-hydrogen) atoms. The zero-order valence-electron chi connectivity index (χ0n) is 2.01. The summed E-state index contributed by atoms with van der Waals surface area (Å²) in [6.45, 7) is 0. The molecule has 5 heteroatoms. The van der Waals surface area contributed by atoms with Crippen molar-refractivity contribution in [3.8, 4) is 0 Å². The Kier molecular flexibility index (Phi) is 263. The van der Waals surface area contributed by atoms with Crippen LogP contribution in [0.15, 0.2) is 0 Å². The van der Waals surface area contributed by atoms with Gasteiger partial charge in [0, 0.05) is 0 Å². The Labute approximate surface area is 93.7 Å². The Morgan fingerprint density at radius 1 is 0.400 bits per heavy atom. The largest absolute Gasteiger partial charge is 4.00 e. The summed E-state index contributed by atoms with van der Waals surface area (Å²) in [6.07, 6.45) is 0. The quantitative estimate of drug-likeness (QED) is 0.275. The van der Waals surface area contributed by atoms with Gasteiger partial charge in [0.15, 0.2) is 0 Å². The van der Waals surface area contributed by atoms with E-state index in [9.17, 15) is 0 Å². The first-order chi connectivity index (χ1) is 0. The van der Waals surface area contributed by atoms with E-state index in [0.717, 1.165) is 0 Å². The molecule has 0 aromatic rings. The second-order valence-electron chi connectivity index (χ2n) is 0. The van der Waals surface area contributed by atoms with E-state index >= 15 is 0 Å². The van der Waals surface area contributed by atoms with E-state index in [-0.39, 0.29) is 95.2 Å². The SMILES string of the molecule is [Br-].[Br-].[Br-].[Br-].[Pb+4]. The minimum atomic E-state index is 0. The molecule has 0 atom stereocenters. The third kappa shape index (κ3) is 19.9. The first-order valence-corrected chi connectivity index (χ1v) is 0. The third-order valence-corrected chi connectivity index (χ3v) is 0. The third-order valence-electron chi connectivity index (χ3n) is 0. The maximum absolute atomic E-state index is 0. The minimum Gasteiger partial charge on any atom is -1.00 e. The monoisotopic (exact) mass is 524 g/mol. The Balaban J connectivity index is 0. The molecule has 0 aromatic heterocycles. The number of halogens is 4. The smallest absolute Gasteiger partial charge is 1.00 e. The predicted octanol–water partition coefficient (Wildman–Crippen LogP) is -12.4. The van der Waals surface area contributed by atoms with Crippen LogP contribution in [0.25, 0.3) is 0 Å². The van der Waals surface area contributed by atoms with Crippen LogP contribution in [0.4, 0.5) is 0 Å². The van der Waals surface area contributed by atoms with Gasteiger partial charge in [0.25, 0.3) is 0 Å². The molecule has 0 fully saturated rings. The van der Waals surface area contributed by atoms with Gasteiger partial charge in [-0.3, -0.25) is 0 Å². The van der Waals surface area contributed by atoms with E-state index in [0.29, 0.717) is 0 Å². The number of rotatable bonds is 0. The summed E-state index contributed by atoms with van der Waals surface area (Å²) in [6, 6.07) is 0. The molecule has 0 spiro atoms. The van der Waals surface area contributed by atoms with Crippen molar-refractivity contribution in [3.05, 3.63) is 0 Å². The molecule has 32 valence electrons. The first kappa shape index (κ1) is 45.5. The zero-order valence-corrected chi connectivity index (χ0v) is 12.2. The van der Waals surface area contributed by atoms with Crippen molar-refractivity contribution in [2.45, 2.75) is 0 Å². The van der Waals surface area contributed by atoms with Crippen molar-refractivity contribution in [2.75, 3.05) is 0 Å². The molecule has 0 aliphatic rings. The van der Waals surface area contributed by atoms with Gasteiger partial charge in [-0.25, -0.2) is 0 Å². The maximum Gasteiger partial charge on any atom is 4.00 e. The van der Waals surface area contributed by atoms with Gasteiger partial charge in [-0.15, -0.1) is 0 Å². The van der Waals surface area contributed by atoms with Crippen LogP contribution in [0.1, 0.15) is 0 Å². The molecule has 0 N–H and O–H groups in total. The van der Waals surface area contributed by atoms with Crippen LogP contribution in [-0.4, -0.2) is 27.3 Å². The van der Waals surface area contributed by atoms with Crippen molar-refractivity contribution < 1.29 is 67.9 Å². The van der Waals surface area contributed by atoms with Gasteiger partial charge in [-0.05, 0) is 0 Å². The van der Waals surface area contributed by atoms with E-state index < -0.39 is 0 Å². The van der Waals surface area contributed by atoms with Crippen molar-refractivity contribution in [2.24, 2.45) is 0 Å². The molecule has 0 saturated carbocycles. The summed E-state index contributed by atoms with van der Waals surface area (Å²) in [5, 5.41) is 0. The zero-order chi connectivity index (χ0) is 0. The van der Waals surface area contributed by atoms with Gasteiger partial charge >= 0.3 is 27.3 Å². The van der Waals surface area contributed by atoms with E-state index in [4.69, 9.17) is 0 Å². The second-order valence-corrected chi connectivity index (χ2v) is 0. The van der Waals surface area contributed by atoms with Crippen LogP contribution in [0.3, 0.4) is 0 Å². The fraction of sp³-hybridized carbons (Fsp3) is 0. The Bertz CT molecular complexity index is 3.61. The van der Waals surface area contributed by atoms with E-state index in [2.05, 4.69) is 0 Å². The Hall–Kier alpha value is 2.84. The van der Waals surface area contributed by atoms with Gasteiger partial charge < -0.3 is 67.9 Å². The van der Waals surface area contributed by atoms with E-state index in [1.54, 1.807) is 0 Å². The Morgan fingerprint density at radius 2 is 0.400 bits per heavy atom. The molecular formula is Br4Pb. The molecule has 0 heterocycles. The van der Waals surface area contributed by atoms with Crippen molar-refractivity contribution >= 4 is 27.3 Å². The maximum atomic E-state index is 0. The van der Waals surface area contributed by atoms with Crippen LogP contribution in [0, 0.1) is 0 Å².